The van der Waals surface area contributed by atoms with E-state index in [2.05, 4.69) is 289 Å². The van der Waals surface area contributed by atoms with E-state index in [0.29, 0.717) is 0 Å². The Morgan fingerprint density at radius 1 is 0.319 bits per heavy atom. The van der Waals surface area contributed by atoms with Crippen molar-refractivity contribution in [3.63, 3.8) is 0 Å². The molecule has 0 saturated heterocycles. The Bertz CT molecular complexity index is 3750. The molecule has 0 unspecified atom stereocenters. The molecule has 0 N–H and O–H groups in total. The summed E-state index contributed by atoms with van der Waals surface area (Å²) in [6.07, 6.45) is 0. The monoisotopic (exact) mass is 878 g/mol. The fourth-order valence-corrected chi connectivity index (χ4v) is 11.3. The predicted octanol–water partition coefficient (Wildman–Crippen LogP) is 17.6. The van der Waals surface area contributed by atoms with Crippen molar-refractivity contribution in [2.75, 3.05) is 4.90 Å². The van der Waals surface area contributed by atoms with Crippen molar-refractivity contribution in [2.24, 2.45) is 0 Å². The maximum absolute atomic E-state index is 2.47. The zero-order valence-corrected chi connectivity index (χ0v) is 38.0. The van der Waals surface area contributed by atoms with Crippen LogP contribution < -0.4 is 4.90 Å². The van der Waals surface area contributed by atoms with Gasteiger partial charge in [0.15, 0.2) is 0 Å². The maximum atomic E-state index is 2.47. The SMILES string of the molecule is c1ccc(-c2ccc(N(c3ccc(-c4cccc5c4c4ccccc4n5-c4ccccc4)cc3)c3cccc4c3-c3ccc(-c5ccccc5)cc3C4(c3ccccc3)c3ccccc3)cc2)cc1. The van der Waals surface area contributed by atoms with Crippen LogP contribution in [0.2, 0.25) is 0 Å². The van der Waals surface area contributed by atoms with Crippen LogP contribution in [0.3, 0.4) is 0 Å². The van der Waals surface area contributed by atoms with Gasteiger partial charge in [0.25, 0.3) is 0 Å². The lowest BCUT2D eigenvalue weighted by molar-refractivity contribution is 0.769. The maximum Gasteiger partial charge on any atom is 0.0714 e. The van der Waals surface area contributed by atoms with Gasteiger partial charge in [-0.25, -0.2) is 0 Å². The van der Waals surface area contributed by atoms with Gasteiger partial charge in [0.1, 0.15) is 0 Å². The van der Waals surface area contributed by atoms with Crippen LogP contribution in [0.4, 0.5) is 17.1 Å². The molecule has 12 aromatic rings. The van der Waals surface area contributed by atoms with E-state index >= 15 is 0 Å². The van der Waals surface area contributed by atoms with Crippen LogP contribution in [0.5, 0.6) is 0 Å². The Kier molecular flexibility index (Phi) is 9.77. The Hall–Kier alpha value is -8.98. The van der Waals surface area contributed by atoms with Gasteiger partial charge >= 0.3 is 0 Å². The molecular formula is C67H46N2. The summed E-state index contributed by atoms with van der Waals surface area (Å²) < 4.78 is 2.39. The molecule has 1 aliphatic rings. The summed E-state index contributed by atoms with van der Waals surface area (Å²) in [7, 11) is 0. The number of anilines is 3. The summed E-state index contributed by atoms with van der Waals surface area (Å²) in [5, 5.41) is 2.49. The number of nitrogens with zero attached hydrogens (tertiary/aromatic N) is 2. The van der Waals surface area contributed by atoms with Gasteiger partial charge < -0.3 is 9.47 Å². The highest BCUT2D eigenvalue weighted by atomic mass is 15.1. The molecule has 324 valence electrons. The van der Waals surface area contributed by atoms with Crippen LogP contribution in [-0.2, 0) is 5.41 Å². The predicted molar refractivity (Wildman–Crippen MR) is 289 cm³/mol. The van der Waals surface area contributed by atoms with Gasteiger partial charge in [0, 0.05) is 33.4 Å². The molecule has 2 nitrogen and oxygen atoms in total. The van der Waals surface area contributed by atoms with Crippen LogP contribution >= 0.6 is 0 Å². The van der Waals surface area contributed by atoms with E-state index in [4.69, 9.17) is 0 Å². The van der Waals surface area contributed by atoms with Gasteiger partial charge in [0.2, 0.25) is 0 Å². The quantitative estimate of drug-likeness (QED) is 0.140. The summed E-state index contributed by atoms with van der Waals surface area (Å²) in [5.74, 6) is 0. The number of benzene rings is 11. The van der Waals surface area contributed by atoms with Gasteiger partial charge in [-0.2, -0.15) is 0 Å². The van der Waals surface area contributed by atoms with Crippen LogP contribution in [0.15, 0.2) is 279 Å². The van der Waals surface area contributed by atoms with Crippen molar-refractivity contribution >= 4 is 38.9 Å². The first-order valence-corrected chi connectivity index (χ1v) is 23.8. The molecule has 11 aromatic carbocycles. The molecule has 1 heterocycles. The molecule has 0 fully saturated rings. The topological polar surface area (TPSA) is 8.17 Å². The second-order valence-corrected chi connectivity index (χ2v) is 18.0. The van der Waals surface area contributed by atoms with Crippen molar-refractivity contribution in [2.45, 2.75) is 5.41 Å². The first kappa shape index (κ1) is 40.3. The molecule has 0 atom stereocenters. The largest absolute Gasteiger partial charge is 0.310 e. The van der Waals surface area contributed by atoms with Gasteiger partial charge in [-0.1, -0.05) is 218 Å². The summed E-state index contributed by atoms with van der Waals surface area (Å²) in [6.45, 7) is 0. The lowest BCUT2D eigenvalue weighted by atomic mass is 9.67. The molecule has 1 aromatic heterocycles. The number of hydrogen-bond acceptors (Lipinski definition) is 1. The van der Waals surface area contributed by atoms with Gasteiger partial charge in [-0.05, 0) is 122 Å². The van der Waals surface area contributed by atoms with E-state index in [0.717, 1.165) is 22.7 Å². The number of fused-ring (bicyclic) bond motifs is 6. The van der Waals surface area contributed by atoms with Crippen molar-refractivity contribution in [3.05, 3.63) is 301 Å². The first-order valence-electron chi connectivity index (χ1n) is 23.8. The normalized spacial score (nSPS) is 12.5. The third-order valence-corrected chi connectivity index (χ3v) is 14.3. The van der Waals surface area contributed by atoms with Crippen molar-refractivity contribution in [1.29, 1.82) is 0 Å². The summed E-state index contributed by atoms with van der Waals surface area (Å²) in [4.78, 5) is 2.47. The van der Waals surface area contributed by atoms with Gasteiger partial charge in [-0.3, -0.25) is 0 Å². The molecule has 0 bridgehead atoms. The summed E-state index contributed by atoms with van der Waals surface area (Å²) in [6, 6.07) is 102. The van der Waals surface area contributed by atoms with E-state index in [9.17, 15) is 0 Å². The Labute approximate surface area is 403 Å². The highest BCUT2D eigenvalue weighted by molar-refractivity contribution is 6.16. The molecule has 13 rings (SSSR count). The third kappa shape index (κ3) is 6.56. The van der Waals surface area contributed by atoms with Crippen LogP contribution in [0.25, 0.3) is 72.0 Å². The number of aromatic nitrogens is 1. The minimum Gasteiger partial charge on any atom is -0.310 e. The third-order valence-electron chi connectivity index (χ3n) is 14.3. The fourth-order valence-electron chi connectivity index (χ4n) is 11.3. The molecule has 0 saturated carbocycles. The molecular weight excluding hydrogens is 833 g/mol. The zero-order chi connectivity index (χ0) is 45.7. The standard InChI is InChI=1S/C67H46N2/c1-6-20-47(21-7-1)49-36-41-55(42-37-49)68(56-43-38-50(39-44-56)57-31-18-34-63-65(57)59-30-16-17-33-62(59)69(63)54-28-14-5-15-29-54)64-35-19-32-60-66(64)58-45-40-51(48-22-8-2-9-23-48)46-61(58)67(60,52-24-10-3-11-25-52)53-26-12-4-13-27-53/h1-46H. The highest BCUT2D eigenvalue weighted by Gasteiger charge is 2.47. The van der Waals surface area contributed by atoms with Crippen molar-refractivity contribution in [3.8, 4) is 50.2 Å². The Morgan fingerprint density at radius 2 is 0.812 bits per heavy atom. The summed E-state index contributed by atoms with van der Waals surface area (Å²) >= 11 is 0. The lowest BCUT2D eigenvalue weighted by Gasteiger charge is -2.34. The van der Waals surface area contributed by atoms with Crippen LogP contribution in [0, 0.1) is 0 Å². The van der Waals surface area contributed by atoms with Crippen LogP contribution in [0.1, 0.15) is 22.3 Å². The molecule has 69 heavy (non-hydrogen) atoms. The van der Waals surface area contributed by atoms with E-state index in [-0.39, 0.29) is 0 Å². The average molecular weight is 879 g/mol. The second kappa shape index (κ2) is 16.7. The molecule has 0 aliphatic heterocycles. The fraction of sp³-hybridized carbons (Fsp3) is 0.0149. The average Bonchev–Trinajstić information content (AvgIpc) is 3.94. The van der Waals surface area contributed by atoms with E-state index < -0.39 is 5.41 Å². The molecule has 0 radical (unpaired) electrons. The zero-order valence-electron chi connectivity index (χ0n) is 38.0. The summed E-state index contributed by atoms with van der Waals surface area (Å²) in [5.41, 5.74) is 20.9. The number of rotatable bonds is 9. The highest BCUT2D eigenvalue weighted by Crippen LogP contribution is 2.60. The molecule has 0 spiro atoms. The van der Waals surface area contributed by atoms with Crippen LogP contribution in [-0.4, -0.2) is 4.57 Å². The van der Waals surface area contributed by atoms with E-state index in [1.54, 1.807) is 0 Å². The Balaban J connectivity index is 1.04. The van der Waals surface area contributed by atoms with Gasteiger partial charge in [0.05, 0.1) is 22.1 Å². The van der Waals surface area contributed by atoms with E-state index in [1.807, 2.05) is 0 Å². The minimum atomic E-state index is -0.585. The smallest absolute Gasteiger partial charge is 0.0714 e. The van der Waals surface area contributed by atoms with Gasteiger partial charge in [-0.15, -0.1) is 0 Å². The second-order valence-electron chi connectivity index (χ2n) is 18.0. The molecule has 0 amide bonds. The van der Waals surface area contributed by atoms with Crippen molar-refractivity contribution in [1.82, 2.24) is 4.57 Å². The first-order chi connectivity index (χ1) is 34.3. The lowest BCUT2D eigenvalue weighted by Crippen LogP contribution is -2.28. The molecule has 2 heteroatoms. The number of hydrogen-bond donors (Lipinski definition) is 0. The molecule has 1 aliphatic carbocycles. The van der Waals surface area contributed by atoms with Crippen molar-refractivity contribution < 1.29 is 0 Å². The Morgan fingerprint density at radius 3 is 1.45 bits per heavy atom. The van der Waals surface area contributed by atoms with E-state index in [1.165, 1.54) is 88.6 Å². The number of para-hydroxylation sites is 2. The minimum absolute atomic E-state index is 0.585.